The largest absolute Gasteiger partial charge is 0.452 e. The van der Waals surface area contributed by atoms with Crippen molar-refractivity contribution >= 4 is 27.6 Å². The lowest BCUT2D eigenvalue weighted by Crippen LogP contribution is -2.30. The Hall–Kier alpha value is -2.78. The molecule has 0 bridgehead atoms. The van der Waals surface area contributed by atoms with Gasteiger partial charge in [-0.05, 0) is 42.8 Å². The number of hydrogen-bond acceptors (Lipinski definition) is 5. The number of anilines is 1. The normalized spacial score (nSPS) is 12.3. The van der Waals surface area contributed by atoms with Crippen LogP contribution in [0.1, 0.15) is 12.5 Å². The van der Waals surface area contributed by atoms with Crippen molar-refractivity contribution in [3.63, 3.8) is 0 Å². The molecule has 0 aliphatic rings. The Balaban J connectivity index is 1.95. The summed E-state index contributed by atoms with van der Waals surface area (Å²) >= 11 is 0. The van der Waals surface area contributed by atoms with Gasteiger partial charge in [-0.25, -0.2) is 17.9 Å². The van der Waals surface area contributed by atoms with Crippen LogP contribution in [0.3, 0.4) is 0 Å². The summed E-state index contributed by atoms with van der Waals surface area (Å²) in [4.78, 5) is 23.8. The molecule has 1 atom stereocenters. The minimum atomic E-state index is -3.90. The van der Waals surface area contributed by atoms with Crippen LogP contribution in [0, 0.1) is 5.82 Å². The molecule has 3 N–H and O–H groups in total. The van der Waals surface area contributed by atoms with Gasteiger partial charge in [0.05, 0.1) is 11.3 Å². The van der Waals surface area contributed by atoms with E-state index in [2.05, 4.69) is 5.32 Å². The molecule has 2 aromatic rings. The third-order valence-corrected chi connectivity index (χ3v) is 4.28. The first kappa shape index (κ1) is 19.5. The van der Waals surface area contributed by atoms with Gasteiger partial charge < -0.3 is 10.1 Å². The highest BCUT2D eigenvalue weighted by Crippen LogP contribution is 2.15. The molecule has 0 aliphatic carbocycles. The number of nitrogens with two attached hydrogens (primary N) is 1. The Morgan fingerprint density at radius 2 is 1.85 bits per heavy atom. The first-order valence-electron chi connectivity index (χ1n) is 7.53. The lowest BCUT2D eigenvalue weighted by atomic mass is 10.1. The van der Waals surface area contributed by atoms with Crippen LogP contribution in [0.4, 0.5) is 10.1 Å². The highest BCUT2D eigenvalue weighted by atomic mass is 32.2. The number of esters is 1. The second-order valence-electron chi connectivity index (χ2n) is 5.50. The standard InChI is InChI=1S/C17H17FN2O5S/c1-11(25-16(21)9-12-5-7-13(18)8-6-12)17(22)20-14-3-2-4-15(10-14)26(19,23)24/h2-8,10-11H,9H2,1H3,(H,20,22)(H2,19,23,24). The molecule has 2 rings (SSSR count). The van der Waals surface area contributed by atoms with Gasteiger partial charge in [-0.1, -0.05) is 18.2 Å². The number of hydrogen-bond donors (Lipinski definition) is 2. The topological polar surface area (TPSA) is 116 Å². The highest BCUT2D eigenvalue weighted by Gasteiger charge is 2.19. The number of amides is 1. The van der Waals surface area contributed by atoms with Crippen molar-refractivity contribution in [2.75, 3.05) is 5.32 Å². The summed E-state index contributed by atoms with van der Waals surface area (Å²) in [7, 11) is -3.90. The van der Waals surface area contributed by atoms with E-state index in [0.717, 1.165) is 0 Å². The number of ether oxygens (including phenoxy) is 1. The van der Waals surface area contributed by atoms with Gasteiger partial charge in [0.2, 0.25) is 10.0 Å². The van der Waals surface area contributed by atoms with E-state index in [4.69, 9.17) is 9.88 Å². The summed E-state index contributed by atoms with van der Waals surface area (Å²) in [5.41, 5.74) is 0.743. The molecule has 0 saturated carbocycles. The van der Waals surface area contributed by atoms with Gasteiger partial charge in [0, 0.05) is 5.69 Å². The summed E-state index contributed by atoms with van der Waals surface area (Å²) in [6.07, 6.45) is -1.22. The van der Waals surface area contributed by atoms with Crippen molar-refractivity contribution in [2.24, 2.45) is 5.14 Å². The predicted molar refractivity (Wildman–Crippen MR) is 92.1 cm³/mol. The molecule has 0 saturated heterocycles. The number of primary sulfonamides is 1. The zero-order valence-corrected chi connectivity index (χ0v) is 14.6. The molecular weight excluding hydrogens is 363 g/mol. The quantitative estimate of drug-likeness (QED) is 0.739. The minimum absolute atomic E-state index is 0.112. The summed E-state index contributed by atoms with van der Waals surface area (Å²) < 4.78 is 40.5. The molecule has 9 heteroatoms. The van der Waals surface area contributed by atoms with Gasteiger partial charge in [-0.2, -0.15) is 0 Å². The molecule has 0 heterocycles. The van der Waals surface area contributed by atoms with Crippen LogP contribution in [-0.2, 0) is 30.8 Å². The van der Waals surface area contributed by atoms with Crippen molar-refractivity contribution in [1.82, 2.24) is 0 Å². The zero-order valence-electron chi connectivity index (χ0n) is 13.8. The van der Waals surface area contributed by atoms with Crippen molar-refractivity contribution in [3.8, 4) is 0 Å². The molecule has 2 aromatic carbocycles. The van der Waals surface area contributed by atoms with E-state index in [1.54, 1.807) is 0 Å². The van der Waals surface area contributed by atoms with Gasteiger partial charge in [0.1, 0.15) is 5.82 Å². The van der Waals surface area contributed by atoms with Crippen molar-refractivity contribution < 1.29 is 27.1 Å². The number of carbonyl (C=O) groups excluding carboxylic acids is 2. The predicted octanol–water partition coefficient (Wildman–Crippen LogP) is 1.59. The monoisotopic (exact) mass is 380 g/mol. The Morgan fingerprint density at radius 1 is 1.19 bits per heavy atom. The van der Waals surface area contributed by atoms with Gasteiger partial charge in [0.15, 0.2) is 6.10 Å². The van der Waals surface area contributed by atoms with Crippen LogP contribution in [-0.4, -0.2) is 26.4 Å². The Labute approximate surface area is 150 Å². The molecule has 138 valence electrons. The zero-order chi connectivity index (χ0) is 19.3. The van der Waals surface area contributed by atoms with E-state index in [1.165, 1.54) is 55.5 Å². The summed E-state index contributed by atoms with van der Waals surface area (Å²) in [5, 5.41) is 7.48. The number of halogens is 1. The SMILES string of the molecule is CC(OC(=O)Cc1ccc(F)cc1)C(=O)Nc1cccc(S(N)(=O)=O)c1. The summed E-state index contributed by atoms with van der Waals surface area (Å²) in [6, 6.07) is 10.7. The number of benzene rings is 2. The van der Waals surface area contributed by atoms with Crippen LogP contribution >= 0.6 is 0 Å². The van der Waals surface area contributed by atoms with Crippen LogP contribution in [0.25, 0.3) is 0 Å². The average molecular weight is 380 g/mol. The number of sulfonamides is 1. The van der Waals surface area contributed by atoms with E-state index in [-0.39, 0.29) is 17.0 Å². The molecular formula is C17H17FN2O5S. The van der Waals surface area contributed by atoms with E-state index in [1.807, 2.05) is 0 Å². The molecule has 1 amide bonds. The fraction of sp³-hybridized carbons (Fsp3) is 0.176. The number of nitrogens with one attached hydrogen (secondary N) is 1. The molecule has 0 fully saturated rings. The molecule has 0 aliphatic heterocycles. The van der Waals surface area contributed by atoms with Crippen molar-refractivity contribution in [1.29, 1.82) is 0 Å². The Kier molecular flexibility index (Phi) is 6.06. The maximum absolute atomic E-state index is 12.8. The van der Waals surface area contributed by atoms with E-state index in [0.29, 0.717) is 5.56 Å². The van der Waals surface area contributed by atoms with Crippen molar-refractivity contribution in [2.45, 2.75) is 24.3 Å². The first-order chi connectivity index (χ1) is 12.1. The van der Waals surface area contributed by atoms with Crippen molar-refractivity contribution in [3.05, 3.63) is 59.9 Å². The van der Waals surface area contributed by atoms with Gasteiger partial charge >= 0.3 is 5.97 Å². The van der Waals surface area contributed by atoms with Gasteiger partial charge in [-0.15, -0.1) is 0 Å². The Morgan fingerprint density at radius 3 is 2.46 bits per heavy atom. The maximum Gasteiger partial charge on any atom is 0.311 e. The molecule has 1 unspecified atom stereocenters. The lowest BCUT2D eigenvalue weighted by Gasteiger charge is -2.14. The second-order valence-corrected chi connectivity index (χ2v) is 7.06. The first-order valence-corrected chi connectivity index (χ1v) is 9.07. The van der Waals surface area contributed by atoms with E-state index in [9.17, 15) is 22.4 Å². The molecule has 7 nitrogen and oxygen atoms in total. The fourth-order valence-electron chi connectivity index (χ4n) is 2.06. The van der Waals surface area contributed by atoms with E-state index >= 15 is 0 Å². The van der Waals surface area contributed by atoms with Crippen LogP contribution in [0.5, 0.6) is 0 Å². The van der Waals surface area contributed by atoms with Crippen LogP contribution in [0.2, 0.25) is 0 Å². The third kappa shape index (κ3) is 5.64. The second kappa shape index (κ2) is 8.07. The molecule has 26 heavy (non-hydrogen) atoms. The number of rotatable bonds is 6. The summed E-state index contributed by atoms with van der Waals surface area (Å²) in [6.45, 7) is 1.38. The molecule has 0 aromatic heterocycles. The highest BCUT2D eigenvalue weighted by molar-refractivity contribution is 7.89. The molecule has 0 spiro atoms. The van der Waals surface area contributed by atoms with Gasteiger partial charge in [-0.3, -0.25) is 9.59 Å². The fourth-order valence-corrected chi connectivity index (χ4v) is 2.62. The van der Waals surface area contributed by atoms with Crippen LogP contribution < -0.4 is 10.5 Å². The smallest absolute Gasteiger partial charge is 0.311 e. The minimum Gasteiger partial charge on any atom is -0.452 e. The maximum atomic E-state index is 12.8. The average Bonchev–Trinajstić information content (AvgIpc) is 2.56. The number of carbonyl (C=O) groups is 2. The van der Waals surface area contributed by atoms with E-state index < -0.39 is 33.8 Å². The lowest BCUT2D eigenvalue weighted by molar-refractivity contribution is -0.152. The Bertz CT molecular complexity index is 913. The third-order valence-electron chi connectivity index (χ3n) is 3.37. The van der Waals surface area contributed by atoms with Gasteiger partial charge in [0.25, 0.3) is 5.91 Å². The van der Waals surface area contributed by atoms with Crippen LogP contribution in [0.15, 0.2) is 53.4 Å². The summed E-state index contributed by atoms with van der Waals surface area (Å²) in [5.74, 6) is -1.71. The molecule has 0 radical (unpaired) electrons.